The van der Waals surface area contributed by atoms with Crippen molar-refractivity contribution in [3.63, 3.8) is 0 Å². The molecule has 2 atom stereocenters. The van der Waals surface area contributed by atoms with Crippen LogP contribution in [0.5, 0.6) is 0 Å². The predicted octanol–water partition coefficient (Wildman–Crippen LogP) is 2.24. The van der Waals surface area contributed by atoms with E-state index in [2.05, 4.69) is 9.97 Å². The van der Waals surface area contributed by atoms with Crippen molar-refractivity contribution < 1.29 is 19.8 Å². The molecule has 0 amide bonds. The maximum absolute atomic E-state index is 10.6. The molecule has 0 aliphatic carbocycles. The third-order valence-electron chi connectivity index (χ3n) is 4.86. The van der Waals surface area contributed by atoms with Crippen LogP contribution >= 0.6 is 0 Å². The molecule has 2 aromatic carbocycles. The molecule has 156 valence electrons. The number of aromatic amines is 2. The summed E-state index contributed by atoms with van der Waals surface area (Å²) in [6.07, 6.45) is 4.32. The lowest BCUT2D eigenvalue weighted by atomic mass is 10.1. The zero-order valence-corrected chi connectivity index (χ0v) is 16.2. The Bertz CT molecular complexity index is 1070. The average Bonchev–Trinajstić information content (AvgIpc) is 3.33. The van der Waals surface area contributed by atoms with Crippen molar-refractivity contribution in [1.29, 1.82) is 0 Å². The lowest BCUT2D eigenvalue weighted by Crippen LogP contribution is -2.32. The van der Waals surface area contributed by atoms with Gasteiger partial charge in [0.25, 0.3) is 0 Å². The van der Waals surface area contributed by atoms with Gasteiger partial charge in [-0.05, 0) is 23.3 Å². The summed E-state index contributed by atoms with van der Waals surface area (Å²) in [6.45, 7) is 0. The molecule has 0 fully saturated rings. The minimum absolute atomic E-state index is 0.347. The molecule has 0 aliphatic heterocycles. The van der Waals surface area contributed by atoms with Crippen LogP contribution < -0.4 is 11.5 Å². The molecule has 0 spiro atoms. The Morgan fingerprint density at radius 2 is 1.10 bits per heavy atom. The number of hydrogen-bond donors (Lipinski definition) is 6. The molecular weight excluding hydrogens is 384 g/mol. The maximum atomic E-state index is 10.6. The summed E-state index contributed by atoms with van der Waals surface area (Å²) in [5, 5.41) is 19.5. The highest BCUT2D eigenvalue weighted by molar-refractivity contribution is 5.85. The van der Waals surface area contributed by atoms with Gasteiger partial charge in [-0.1, -0.05) is 36.4 Å². The first-order valence-corrected chi connectivity index (χ1v) is 9.43. The highest BCUT2D eigenvalue weighted by Crippen LogP contribution is 2.19. The van der Waals surface area contributed by atoms with Crippen molar-refractivity contribution in [1.82, 2.24) is 9.97 Å². The van der Waals surface area contributed by atoms with Gasteiger partial charge in [0.1, 0.15) is 12.1 Å². The van der Waals surface area contributed by atoms with Crippen molar-refractivity contribution in [2.24, 2.45) is 11.5 Å². The van der Waals surface area contributed by atoms with E-state index in [0.717, 1.165) is 32.9 Å². The first kappa shape index (κ1) is 21.1. The highest BCUT2D eigenvalue weighted by Gasteiger charge is 2.15. The number of nitrogens with two attached hydrogens (primary N) is 2. The summed E-state index contributed by atoms with van der Waals surface area (Å²) in [7, 11) is 0. The van der Waals surface area contributed by atoms with Gasteiger partial charge in [-0.3, -0.25) is 9.59 Å². The van der Waals surface area contributed by atoms with Crippen LogP contribution in [0.25, 0.3) is 21.8 Å². The summed E-state index contributed by atoms with van der Waals surface area (Å²) in [6, 6.07) is 13.8. The second-order valence-corrected chi connectivity index (χ2v) is 7.02. The van der Waals surface area contributed by atoms with Crippen LogP contribution in [0.4, 0.5) is 0 Å². The number of carbonyl (C=O) groups is 2. The predicted molar refractivity (Wildman–Crippen MR) is 115 cm³/mol. The average molecular weight is 408 g/mol. The molecule has 8 heteroatoms. The van der Waals surface area contributed by atoms with Crippen molar-refractivity contribution in [2.75, 3.05) is 0 Å². The fourth-order valence-electron chi connectivity index (χ4n) is 3.25. The summed E-state index contributed by atoms with van der Waals surface area (Å²) >= 11 is 0. The van der Waals surface area contributed by atoms with Gasteiger partial charge in [0, 0.05) is 47.0 Å². The number of nitrogens with one attached hydrogen (secondary N) is 2. The number of carboxylic acid groups (broad SMARTS) is 2. The van der Waals surface area contributed by atoms with E-state index >= 15 is 0 Å². The summed E-state index contributed by atoms with van der Waals surface area (Å²) in [5.74, 6) is -1.94. The molecule has 0 unspecified atom stereocenters. The molecule has 8 nitrogen and oxygen atoms in total. The second kappa shape index (κ2) is 9.25. The van der Waals surface area contributed by atoms with Gasteiger partial charge in [0.05, 0.1) is 0 Å². The number of rotatable bonds is 6. The van der Waals surface area contributed by atoms with E-state index < -0.39 is 24.0 Å². The number of fused-ring (bicyclic) bond motifs is 2. The number of hydrogen-bond acceptors (Lipinski definition) is 4. The van der Waals surface area contributed by atoms with Crippen LogP contribution in [0.1, 0.15) is 11.1 Å². The molecule has 8 N–H and O–H groups in total. The van der Waals surface area contributed by atoms with Crippen LogP contribution in [-0.2, 0) is 22.4 Å². The summed E-state index contributed by atoms with van der Waals surface area (Å²) in [5.41, 5.74) is 14.9. The van der Waals surface area contributed by atoms with Gasteiger partial charge in [0.2, 0.25) is 0 Å². The Hall–Kier alpha value is -3.62. The molecule has 0 bridgehead atoms. The summed E-state index contributed by atoms with van der Waals surface area (Å²) < 4.78 is 0. The molecule has 0 radical (unpaired) electrons. The molecule has 0 aliphatic rings. The Labute approximate surface area is 172 Å². The van der Waals surface area contributed by atoms with Crippen molar-refractivity contribution >= 4 is 33.7 Å². The number of carboxylic acids is 2. The van der Waals surface area contributed by atoms with Crippen LogP contribution in [0.15, 0.2) is 60.9 Å². The smallest absolute Gasteiger partial charge is 0.320 e. The highest BCUT2D eigenvalue weighted by atomic mass is 16.4. The minimum atomic E-state index is -0.972. The van der Waals surface area contributed by atoms with E-state index in [9.17, 15) is 9.59 Å². The Kier molecular flexibility index (Phi) is 6.51. The molecule has 4 rings (SSSR count). The largest absolute Gasteiger partial charge is 0.480 e. The fraction of sp³-hybridized carbons (Fsp3) is 0.182. The molecule has 30 heavy (non-hydrogen) atoms. The second-order valence-electron chi connectivity index (χ2n) is 7.02. The SMILES string of the molecule is N[C@H](Cc1c[nH]c2ccccc12)C(=O)O.N[C@H](Cc1c[nH]c2ccccc12)C(=O)O. The van der Waals surface area contributed by atoms with Gasteiger partial charge in [-0.2, -0.15) is 0 Å². The monoisotopic (exact) mass is 408 g/mol. The van der Waals surface area contributed by atoms with Crippen molar-refractivity contribution in [3.8, 4) is 0 Å². The molecule has 2 heterocycles. The van der Waals surface area contributed by atoms with E-state index in [1.165, 1.54) is 0 Å². The first-order chi connectivity index (χ1) is 14.4. The third kappa shape index (κ3) is 4.86. The first-order valence-electron chi connectivity index (χ1n) is 9.43. The van der Waals surface area contributed by atoms with Crippen LogP contribution in [0.2, 0.25) is 0 Å². The van der Waals surface area contributed by atoms with Gasteiger partial charge in [0.15, 0.2) is 0 Å². The topological polar surface area (TPSA) is 158 Å². The summed E-state index contributed by atoms with van der Waals surface area (Å²) in [4.78, 5) is 27.4. The molecule has 0 saturated carbocycles. The van der Waals surface area contributed by atoms with Crippen molar-refractivity contribution in [3.05, 3.63) is 72.1 Å². The number of para-hydroxylation sites is 2. The lowest BCUT2D eigenvalue weighted by molar-refractivity contribution is -0.139. The van der Waals surface area contributed by atoms with Gasteiger partial charge >= 0.3 is 11.9 Å². The Morgan fingerprint density at radius 3 is 1.47 bits per heavy atom. The normalized spacial score (nSPS) is 12.9. The molecule has 0 saturated heterocycles. The third-order valence-corrected chi connectivity index (χ3v) is 4.86. The van der Waals surface area contributed by atoms with Crippen LogP contribution in [0, 0.1) is 0 Å². The standard InChI is InChI=1S/2C11H12N2O2/c2*12-9(11(14)15)5-7-6-13-10-4-2-1-3-8(7)10/h2*1-4,6,9,13H,5,12H2,(H,14,15)/t2*9-/m11/s1. The number of H-pyrrole nitrogens is 2. The quantitative estimate of drug-likeness (QED) is 0.287. The number of benzene rings is 2. The number of aliphatic carboxylic acids is 2. The molecule has 2 aromatic heterocycles. The minimum Gasteiger partial charge on any atom is -0.480 e. The lowest BCUT2D eigenvalue weighted by Gasteiger charge is -2.04. The zero-order valence-electron chi connectivity index (χ0n) is 16.2. The van der Waals surface area contributed by atoms with E-state index in [1.54, 1.807) is 0 Å². The van der Waals surface area contributed by atoms with Gasteiger partial charge < -0.3 is 31.6 Å². The van der Waals surface area contributed by atoms with Crippen LogP contribution in [-0.4, -0.2) is 44.2 Å². The van der Waals surface area contributed by atoms with Crippen molar-refractivity contribution in [2.45, 2.75) is 24.9 Å². The van der Waals surface area contributed by atoms with E-state index in [-0.39, 0.29) is 0 Å². The van der Waals surface area contributed by atoms with E-state index in [1.807, 2.05) is 60.9 Å². The zero-order chi connectivity index (χ0) is 21.7. The maximum Gasteiger partial charge on any atom is 0.320 e. The van der Waals surface area contributed by atoms with E-state index in [4.69, 9.17) is 21.7 Å². The number of aromatic nitrogens is 2. The van der Waals surface area contributed by atoms with E-state index in [0.29, 0.717) is 12.8 Å². The Balaban J connectivity index is 0.000000171. The van der Waals surface area contributed by atoms with Crippen LogP contribution in [0.3, 0.4) is 0 Å². The van der Waals surface area contributed by atoms with Gasteiger partial charge in [-0.15, -0.1) is 0 Å². The van der Waals surface area contributed by atoms with Gasteiger partial charge in [-0.25, -0.2) is 0 Å². The Morgan fingerprint density at radius 1 is 0.733 bits per heavy atom. The molecule has 4 aromatic rings. The molecular formula is C22H24N4O4. The fourth-order valence-corrected chi connectivity index (χ4v) is 3.25.